The van der Waals surface area contributed by atoms with Crippen LogP contribution in [-0.2, 0) is 17.9 Å². The molecular weight excluding hydrogens is 368 g/mol. The van der Waals surface area contributed by atoms with Crippen molar-refractivity contribution < 1.29 is 4.79 Å². The van der Waals surface area contributed by atoms with Crippen LogP contribution in [0, 0.1) is 12.8 Å². The SMILES string of the molecule is Cc1cccc2cc(CN(Cc3cccs3)C(=O)C3CCCCC3)c(=O)[nH]c12. The zero-order valence-electron chi connectivity index (χ0n) is 16.2. The van der Waals surface area contributed by atoms with Gasteiger partial charge in [0.2, 0.25) is 5.91 Å². The van der Waals surface area contributed by atoms with E-state index in [-0.39, 0.29) is 17.4 Å². The summed E-state index contributed by atoms with van der Waals surface area (Å²) in [7, 11) is 0. The van der Waals surface area contributed by atoms with Crippen molar-refractivity contribution in [1.82, 2.24) is 9.88 Å². The number of aromatic amines is 1. The number of amides is 1. The van der Waals surface area contributed by atoms with Crippen LogP contribution in [0.1, 0.15) is 48.1 Å². The molecule has 1 amide bonds. The second kappa shape index (κ2) is 8.31. The maximum atomic E-state index is 13.3. The minimum atomic E-state index is -0.102. The molecule has 1 aliphatic carbocycles. The van der Waals surface area contributed by atoms with Gasteiger partial charge >= 0.3 is 0 Å². The van der Waals surface area contributed by atoms with E-state index in [4.69, 9.17) is 0 Å². The molecular formula is C23H26N2O2S. The number of aryl methyl sites for hydroxylation is 1. The average Bonchev–Trinajstić information content (AvgIpc) is 3.22. The van der Waals surface area contributed by atoms with Crippen LogP contribution in [0.25, 0.3) is 10.9 Å². The van der Waals surface area contributed by atoms with Crippen LogP contribution in [0.4, 0.5) is 0 Å². The van der Waals surface area contributed by atoms with E-state index in [2.05, 4.69) is 11.1 Å². The lowest BCUT2D eigenvalue weighted by molar-refractivity contribution is -0.137. The minimum Gasteiger partial charge on any atom is -0.333 e. The lowest BCUT2D eigenvalue weighted by atomic mass is 9.88. The third-order valence-electron chi connectivity index (χ3n) is 5.72. The summed E-state index contributed by atoms with van der Waals surface area (Å²) in [5, 5.41) is 3.04. The van der Waals surface area contributed by atoms with Gasteiger partial charge in [0.15, 0.2) is 0 Å². The normalized spacial score (nSPS) is 15.0. The van der Waals surface area contributed by atoms with E-state index in [0.717, 1.165) is 47.0 Å². The largest absolute Gasteiger partial charge is 0.333 e. The smallest absolute Gasteiger partial charge is 0.253 e. The zero-order valence-corrected chi connectivity index (χ0v) is 17.1. The Kier molecular flexibility index (Phi) is 5.62. The molecule has 0 radical (unpaired) electrons. The van der Waals surface area contributed by atoms with Crippen molar-refractivity contribution in [1.29, 1.82) is 0 Å². The Bertz CT molecular complexity index is 1020. The molecule has 0 unspecified atom stereocenters. The molecule has 2 heterocycles. The maximum absolute atomic E-state index is 13.3. The number of nitrogens with zero attached hydrogens (tertiary/aromatic N) is 1. The summed E-state index contributed by atoms with van der Waals surface area (Å²) in [6.07, 6.45) is 5.40. The summed E-state index contributed by atoms with van der Waals surface area (Å²) in [4.78, 5) is 32.1. The van der Waals surface area contributed by atoms with E-state index in [1.807, 2.05) is 47.5 Å². The Hall–Kier alpha value is -2.40. The van der Waals surface area contributed by atoms with Gasteiger partial charge < -0.3 is 9.88 Å². The molecule has 0 aliphatic heterocycles. The molecule has 1 saturated carbocycles. The molecule has 1 fully saturated rings. The molecule has 3 aromatic rings. The first-order valence-electron chi connectivity index (χ1n) is 10.0. The van der Waals surface area contributed by atoms with E-state index in [0.29, 0.717) is 18.7 Å². The van der Waals surface area contributed by atoms with Gasteiger partial charge in [-0.15, -0.1) is 11.3 Å². The number of pyridine rings is 1. The van der Waals surface area contributed by atoms with Crippen molar-refractivity contribution in [2.45, 2.75) is 52.1 Å². The van der Waals surface area contributed by atoms with Gasteiger partial charge in [0.25, 0.3) is 5.56 Å². The Morgan fingerprint density at radius 1 is 1.14 bits per heavy atom. The molecule has 146 valence electrons. The highest BCUT2D eigenvalue weighted by molar-refractivity contribution is 7.09. The first kappa shape index (κ1) is 18.9. The molecule has 28 heavy (non-hydrogen) atoms. The Labute approximate surface area is 169 Å². The van der Waals surface area contributed by atoms with Crippen molar-refractivity contribution in [3.8, 4) is 0 Å². The van der Waals surface area contributed by atoms with E-state index in [1.54, 1.807) is 11.3 Å². The lowest BCUT2D eigenvalue weighted by Crippen LogP contribution is -2.37. The molecule has 1 aromatic carbocycles. The highest BCUT2D eigenvalue weighted by atomic mass is 32.1. The fraction of sp³-hybridized carbons (Fsp3) is 0.391. The fourth-order valence-electron chi connectivity index (χ4n) is 4.16. The van der Waals surface area contributed by atoms with Crippen LogP contribution in [0.2, 0.25) is 0 Å². The van der Waals surface area contributed by atoms with Crippen molar-refractivity contribution in [2.24, 2.45) is 5.92 Å². The van der Waals surface area contributed by atoms with Crippen LogP contribution in [0.15, 0.2) is 46.6 Å². The van der Waals surface area contributed by atoms with E-state index < -0.39 is 0 Å². The molecule has 0 bridgehead atoms. The standard InChI is InChI=1S/C23H26N2O2S/c1-16-7-5-10-18-13-19(22(26)24-21(16)18)14-25(15-20-11-6-12-28-20)23(27)17-8-3-2-4-9-17/h5-7,10-13,17H,2-4,8-9,14-15H2,1H3,(H,24,26). The number of carbonyl (C=O) groups excluding carboxylic acids is 1. The van der Waals surface area contributed by atoms with Crippen LogP contribution in [0.5, 0.6) is 0 Å². The number of fused-ring (bicyclic) bond motifs is 1. The maximum Gasteiger partial charge on any atom is 0.253 e. The lowest BCUT2D eigenvalue weighted by Gasteiger charge is -2.29. The Morgan fingerprint density at radius 3 is 2.71 bits per heavy atom. The summed E-state index contributed by atoms with van der Waals surface area (Å²) in [5.74, 6) is 0.285. The molecule has 0 atom stereocenters. The molecule has 2 aromatic heterocycles. The summed E-state index contributed by atoms with van der Waals surface area (Å²) in [5.41, 5.74) is 2.47. The molecule has 1 aliphatic rings. The quantitative estimate of drug-likeness (QED) is 0.661. The number of hydrogen-bond acceptors (Lipinski definition) is 3. The second-order valence-corrected chi connectivity index (χ2v) is 8.80. The van der Waals surface area contributed by atoms with Gasteiger partial charge in [0, 0.05) is 16.4 Å². The van der Waals surface area contributed by atoms with Gasteiger partial charge in [-0.2, -0.15) is 0 Å². The van der Waals surface area contributed by atoms with E-state index in [1.165, 1.54) is 6.42 Å². The van der Waals surface area contributed by atoms with Crippen molar-refractivity contribution >= 4 is 28.1 Å². The first-order chi connectivity index (χ1) is 13.6. The number of benzene rings is 1. The number of H-pyrrole nitrogens is 1. The summed E-state index contributed by atoms with van der Waals surface area (Å²) < 4.78 is 0. The average molecular weight is 395 g/mol. The molecule has 5 heteroatoms. The van der Waals surface area contributed by atoms with Crippen LogP contribution >= 0.6 is 11.3 Å². The third-order valence-corrected chi connectivity index (χ3v) is 6.58. The summed E-state index contributed by atoms with van der Waals surface area (Å²) in [6, 6.07) is 12.0. The van der Waals surface area contributed by atoms with Crippen LogP contribution in [0.3, 0.4) is 0 Å². The third kappa shape index (κ3) is 4.04. The van der Waals surface area contributed by atoms with Gasteiger partial charge in [-0.05, 0) is 48.2 Å². The van der Waals surface area contributed by atoms with E-state index >= 15 is 0 Å². The topological polar surface area (TPSA) is 53.2 Å². The molecule has 0 spiro atoms. The predicted molar refractivity (Wildman–Crippen MR) is 114 cm³/mol. The number of aromatic nitrogens is 1. The number of para-hydroxylation sites is 1. The fourth-order valence-corrected chi connectivity index (χ4v) is 4.88. The number of carbonyl (C=O) groups is 1. The van der Waals surface area contributed by atoms with Gasteiger partial charge in [0.1, 0.15) is 0 Å². The molecule has 0 saturated heterocycles. The van der Waals surface area contributed by atoms with Crippen molar-refractivity contribution in [3.05, 3.63) is 68.1 Å². The Morgan fingerprint density at radius 2 is 1.96 bits per heavy atom. The first-order valence-corrected chi connectivity index (χ1v) is 10.9. The number of nitrogens with one attached hydrogen (secondary N) is 1. The summed E-state index contributed by atoms with van der Waals surface area (Å²) >= 11 is 1.65. The highest BCUT2D eigenvalue weighted by Gasteiger charge is 2.27. The van der Waals surface area contributed by atoms with Crippen molar-refractivity contribution in [3.63, 3.8) is 0 Å². The monoisotopic (exact) mass is 394 g/mol. The van der Waals surface area contributed by atoms with Crippen molar-refractivity contribution in [2.75, 3.05) is 0 Å². The highest BCUT2D eigenvalue weighted by Crippen LogP contribution is 2.27. The van der Waals surface area contributed by atoms with Crippen LogP contribution in [-0.4, -0.2) is 15.8 Å². The molecule has 4 nitrogen and oxygen atoms in total. The number of thiophene rings is 1. The van der Waals surface area contributed by atoms with Crippen LogP contribution < -0.4 is 5.56 Å². The number of rotatable bonds is 5. The van der Waals surface area contributed by atoms with Gasteiger partial charge in [-0.1, -0.05) is 43.5 Å². The predicted octanol–water partition coefficient (Wildman–Crippen LogP) is 5.01. The summed E-state index contributed by atoms with van der Waals surface area (Å²) in [6.45, 7) is 2.92. The van der Waals surface area contributed by atoms with Gasteiger partial charge in [-0.25, -0.2) is 0 Å². The molecule has 4 rings (SSSR count). The Balaban J connectivity index is 1.64. The van der Waals surface area contributed by atoms with E-state index in [9.17, 15) is 9.59 Å². The molecule has 1 N–H and O–H groups in total. The zero-order chi connectivity index (χ0) is 19.5. The van der Waals surface area contributed by atoms with Gasteiger partial charge in [-0.3, -0.25) is 9.59 Å². The van der Waals surface area contributed by atoms with Gasteiger partial charge in [0.05, 0.1) is 18.6 Å². The number of hydrogen-bond donors (Lipinski definition) is 1. The second-order valence-electron chi connectivity index (χ2n) is 7.77. The minimum absolute atomic E-state index is 0.0931.